The second-order valence-corrected chi connectivity index (χ2v) is 9.00. The maximum absolute atomic E-state index is 14.5. The first-order valence-electron chi connectivity index (χ1n) is 10.7. The predicted molar refractivity (Wildman–Crippen MR) is 126 cm³/mol. The number of fused-ring (bicyclic) bond motifs is 1. The van der Waals surface area contributed by atoms with Crippen molar-refractivity contribution in [1.29, 1.82) is 0 Å². The van der Waals surface area contributed by atoms with E-state index >= 15 is 0 Å². The van der Waals surface area contributed by atoms with Crippen molar-refractivity contribution in [3.63, 3.8) is 0 Å². The first-order chi connectivity index (χ1) is 15.9. The summed E-state index contributed by atoms with van der Waals surface area (Å²) in [5.41, 5.74) is 1.15. The van der Waals surface area contributed by atoms with Gasteiger partial charge in [0.25, 0.3) is 0 Å². The molecule has 1 spiro atoms. The average molecular weight is 471 g/mol. The quantitative estimate of drug-likeness (QED) is 0.595. The van der Waals surface area contributed by atoms with Crippen LogP contribution in [0, 0.1) is 5.82 Å². The normalized spacial score (nSPS) is 18.1. The SMILES string of the molecule is COc1cc2ncnc(Nc3cccc(Cl)c3F)c2cc1N1CC2(CCN(C)CC2)NC1=O. The fourth-order valence-corrected chi connectivity index (χ4v) is 4.68. The smallest absolute Gasteiger partial charge is 0.322 e. The fraction of sp³-hybridized carbons (Fsp3) is 0.348. The summed E-state index contributed by atoms with van der Waals surface area (Å²) in [4.78, 5) is 25.6. The van der Waals surface area contributed by atoms with Gasteiger partial charge < -0.3 is 20.3 Å². The minimum Gasteiger partial charge on any atom is -0.494 e. The Morgan fingerprint density at radius 2 is 2.03 bits per heavy atom. The van der Waals surface area contributed by atoms with Crippen molar-refractivity contribution >= 4 is 45.7 Å². The van der Waals surface area contributed by atoms with E-state index in [1.165, 1.54) is 12.4 Å². The maximum atomic E-state index is 14.5. The van der Waals surface area contributed by atoms with Crippen molar-refractivity contribution in [1.82, 2.24) is 20.2 Å². The van der Waals surface area contributed by atoms with E-state index in [9.17, 15) is 9.18 Å². The van der Waals surface area contributed by atoms with Crippen molar-refractivity contribution in [2.24, 2.45) is 0 Å². The van der Waals surface area contributed by atoms with E-state index in [4.69, 9.17) is 16.3 Å². The molecule has 3 heterocycles. The average Bonchev–Trinajstić information content (AvgIpc) is 3.14. The van der Waals surface area contributed by atoms with E-state index in [0.29, 0.717) is 34.7 Å². The molecule has 2 fully saturated rings. The number of ether oxygens (including phenoxy) is 1. The van der Waals surface area contributed by atoms with Gasteiger partial charge in [0.05, 0.1) is 41.1 Å². The molecule has 2 N–H and O–H groups in total. The highest BCUT2D eigenvalue weighted by molar-refractivity contribution is 6.31. The van der Waals surface area contributed by atoms with Crippen LogP contribution in [0.5, 0.6) is 5.75 Å². The van der Waals surface area contributed by atoms with Crippen LogP contribution in [0.15, 0.2) is 36.7 Å². The Balaban J connectivity index is 1.55. The van der Waals surface area contributed by atoms with Crippen molar-refractivity contribution in [3.8, 4) is 5.75 Å². The molecule has 0 bridgehead atoms. The topological polar surface area (TPSA) is 82.6 Å². The van der Waals surface area contributed by atoms with E-state index in [0.717, 1.165) is 25.9 Å². The second kappa shape index (κ2) is 8.31. The van der Waals surface area contributed by atoms with E-state index in [2.05, 4.69) is 32.5 Å². The van der Waals surface area contributed by atoms with Crippen LogP contribution < -0.4 is 20.3 Å². The number of urea groups is 1. The number of rotatable bonds is 4. The maximum Gasteiger partial charge on any atom is 0.322 e. The molecule has 8 nitrogen and oxygen atoms in total. The number of likely N-dealkylation sites (tertiary alicyclic amines) is 1. The lowest BCUT2D eigenvalue weighted by molar-refractivity contribution is 0.182. The number of nitrogens with one attached hydrogen (secondary N) is 2. The zero-order valence-corrected chi connectivity index (χ0v) is 19.1. The lowest BCUT2D eigenvalue weighted by Crippen LogP contribution is -2.51. The molecule has 0 radical (unpaired) electrons. The number of aromatic nitrogens is 2. The van der Waals surface area contributed by atoms with E-state index in [1.54, 1.807) is 30.2 Å². The molecule has 0 aliphatic carbocycles. The number of anilines is 3. The van der Waals surface area contributed by atoms with Crippen LogP contribution in [-0.4, -0.2) is 60.2 Å². The number of piperidine rings is 1. The molecule has 172 valence electrons. The van der Waals surface area contributed by atoms with Crippen LogP contribution in [0.25, 0.3) is 10.9 Å². The van der Waals surface area contributed by atoms with Crippen molar-refractivity contribution in [3.05, 3.63) is 47.5 Å². The first kappa shape index (κ1) is 21.7. The standard InChI is InChI=1S/C23H24ClFN6O2/c1-30-8-6-23(7-9-30)12-31(22(32)29-23)18-10-14-17(11-19(18)33-2)26-13-27-21(14)28-16-5-3-4-15(24)20(16)25/h3-5,10-11,13H,6-9,12H2,1-2H3,(H,29,32)(H,26,27,28). The zero-order valence-electron chi connectivity index (χ0n) is 18.4. The van der Waals surface area contributed by atoms with Crippen LogP contribution in [0.1, 0.15) is 12.8 Å². The Kier molecular flexibility index (Phi) is 5.46. The summed E-state index contributed by atoms with van der Waals surface area (Å²) in [7, 11) is 3.65. The third-order valence-corrected chi connectivity index (χ3v) is 6.75. The Labute approximate surface area is 195 Å². The van der Waals surface area contributed by atoms with Gasteiger partial charge in [0.2, 0.25) is 0 Å². The largest absolute Gasteiger partial charge is 0.494 e. The summed E-state index contributed by atoms with van der Waals surface area (Å²) in [6, 6.07) is 8.13. The number of amides is 2. The Hall–Kier alpha value is -3.17. The number of nitrogens with zero attached hydrogens (tertiary/aromatic N) is 4. The van der Waals surface area contributed by atoms with Gasteiger partial charge in [-0.1, -0.05) is 17.7 Å². The summed E-state index contributed by atoms with van der Waals surface area (Å²) >= 11 is 5.93. The van der Waals surface area contributed by atoms with Gasteiger partial charge in [-0.15, -0.1) is 0 Å². The molecule has 33 heavy (non-hydrogen) atoms. The molecule has 0 atom stereocenters. The summed E-state index contributed by atoms with van der Waals surface area (Å²) in [5.74, 6) is 0.364. The molecule has 2 aliphatic heterocycles. The summed E-state index contributed by atoms with van der Waals surface area (Å²) in [5, 5.41) is 6.85. The second-order valence-electron chi connectivity index (χ2n) is 8.59. The molecule has 5 rings (SSSR count). The Morgan fingerprint density at radius 1 is 1.24 bits per heavy atom. The van der Waals surface area contributed by atoms with Crippen LogP contribution in [0.3, 0.4) is 0 Å². The zero-order chi connectivity index (χ0) is 23.2. The van der Waals surface area contributed by atoms with E-state index in [-0.39, 0.29) is 22.3 Å². The van der Waals surface area contributed by atoms with E-state index in [1.807, 2.05) is 6.07 Å². The summed E-state index contributed by atoms with van der Waals surface area (Å²) in [6.07, 6.45) is 3.15. The van der Waals surface area contributed by atoms with Gasteiger partial charge in [-0.3, -0.25) is 4.90 Å². The number of carbonyl (C=O) groups excluding carboxylic acids is 1. The third kappa shape index (κ3) is 3.91. The molecule has 0 unspecified atom stereocenters. The number of halogens is 2. The third-order valence-electron chi connectivity index (χ3n) is 6.45. The molecule has 2 amide bonds. The molecule has 1 aromatic heterocycles. The van der Waals surface area contributed by atoms with Crippen molar-refractivity contribution in [2.75, 3.05) is 44.0 Å². The number of methoxy groups -OCH3 is 1. The summed E-state index contributed by atoms with van der Waals surface area (Å²) in [6.45, 7) is 2.40. The minimum atomic E-state index is -0.567. The van der Waals surface area contributed by atoms with Gasteiger partial charge in [-0.05, 0) is 38.1 Å². The highest BCUT2D eigenvalue weighted by Gasteiger charge is 2.45. The van der Waals surface area contributed by atoms with Crippen LogP contribution in [-0.2, 0) is 0 Å². The first-order valence-corrected chi connectivity index (χ1v) is 11.1. The van der Waals surface area contributed by atoms with E-state index < -0.39 is 5.82 Å². The Morgan fingerprint density at radius 3 is 2.79 bits per heavy atom. The molecular weight excluding hydrogens is 447 g/mol. The van der Waals surface area contributed by atoms with Gasteiger partial charge in [0.1, 0.15) is 17.9 Å². The molecule has 2 aliphatic rings. The van der Waals surface area contributed by atoms with Gasteiger partial charge >= 0.3 is 6.03 Å². The highest BCUT2D eigenvalue weighted by atomic mass is 35.5. The summed E-state index contributed by atoms with van der Waals surface area (Å²) < 4.78 is 20.1. The minimum absolute atomic E-state index is 0.0119. The number of carbonyl (C=O) groups is 1. The van der Waals surface area contributed by atoms with Gasteiger partial charge in [0.15, 0.2) is 5.82 Å². The van der Waals surface area contributed by atoms with Gasteiger partial charge in [-0.2, -0.15) is 0 Å². The highest BCUT2D eigenvalue weighted by Crippen LogP contribution is 2.39. The van der Waals surface area contributed by atoms with Crippen molar-refractivity contribution in [2.45, 2.75) is 18.4 Å². The number of hydrogen-bond donors (Lipinski definition) is 2. The molecule has 2 saturated heterocycles. The Bertz CT molecular complexity index is 1230. The molecule has 2 aromatic carbocycles. The predicted octanol–water partition coefficient (Wildman–Crippen LogP) is 4.17. The molecule has 3 aromatic rings. The fourth-order valence-electron chi connectivity index (χ4n) is 4.51. The van der Waals surface area contributed by atoms with Crippen molar-refractivity contribution < 1.29 is 13.9 Å². The molecule has 10 heteroatoms. The monoisotopic (exact) mass is 470 g/mol. The van der Waals surface area contributed by atoms with Crippen LogP contribution >= 0.6 is 11.6 Å². The lowest BCUT2D eigenvalue weighted by atomic mass is 9.88. The molecule has 0 saturated carbocycles. The van der Waals surface area contributed by atoms with Crippen LogP contribution in [0.4, 0.5) is 26.4 Å². The van der Waals surface area contributed by atoms with Gasteiger partial charge in [-0.25, -0.2) is 19.2 Å². The van der Waals surface area contributed by atoms with Gasteiger partial charge in [0, 0.05) is 24.5 Å². The van der Waals surface area contributed by atoms with Crippen LogP contribution in [0.2, 0.25) is 5.02 Å². The molecular formula is C23H24ClFN6O2. The number of hydrogen-bond acceptors (Lipinski definition) is 6. The lowest BCUT2D eigenvalue weighted by Gasteiger charge is -2.37. The number of benzene rings is 2.